The van der Waals surface area contributed by atoms with Gasteiger partial charge in [-0.15, -0.1) is 5.10 Å². The van der Waals surface area contributed by atoms with Gasteiger partial charge in [0.1, 0.15) is 12.6 Å². The zero-order chi connectivity index (χ0) is 22.0. The van der Waals surface area contributed by atoms with Crippen LogP contribution in [0, 0.1) is 0 Å². The van der Waals surface area contributed by atoms with Crippen molar-refractivity contribution in [3.63, 3.8) is 0 Å². The molecule has 0 radical (unpaired) electrons. The van der Waals surface area contributed by atoms with Crippen LogP contribution in [0.3, 0.4) is 0 Å². The Morgan fingerprint density at radius 1 is 0.939 bits per heavy atom. The number of nitrogens with zero attached hydrogens (tertiary/aromatic N) is 7. The molecule has 33 heavy (non-hydrogen) atoms. The maximum atomic E-state index is 5.39. The Morgan fingerprint density at radius 3 is 2.64 bits per heavy atom. The van der Waals surface area contributed by atoms with Crippen molar-refractivity contribution in [1.82, 2.24) is 29.7 Å². The molecule has 0 aliphatic carbocycles. The number of oxazole rings is 1. The Balaban J connectivity index is 1.19. The molecule has 2 aromatic carbocycles. The summed E-state index contributed by atoms with van der Waals surface area (Å²) in [6.45, 7) is 3.01. The third kappa shape index (κ3) is 3.99. The minimum absolute atomic E-state index is 0.509. The van der Waals surface area contributed by atoms with Crippen molar-refractivity contribution < 1.29 is 9.15 Å². The Kier molecular flexibility index (Phi) is 4.89. The third-order valence-electron chi connectivity index (χ3n) is 5.42. The maximum absolute atomic E-state index is 5.39. The number of ether oxygens (including phenoxy) is 1. The Hall–Kier alpha value is -4.31. The molecule has 10 nitrogen and oxygen atoms in total. The first-order valence-electron chi connectivity index (χ1n) is 10.6. The van der Waals surface area contributed by atoms with Crippen LogP contribution < -0.4 is 10.2 Å². The number of fused-ring (bicyclic) bond motifs is 1. The molecule has 0 unspecified atom stereocenters. The number of hydrogen-bond acceptors (Lipinski definition) is 9. The first-order valence-corrected chi connectivity index (χ1v) is 10.6. The van der Waals surface area contributed by atoms with Gasteiger partial charge < -0.3 is 19.4 Å². The summed E-state index contributed by atoms with van der Waals surface area (Å²) >= 11 is 0. The minimum Gasteiger partial charge on any atom is -0.445 e. The van der Waals surface area contributed by atoms with Crippen LogP contribution in [0.1, 0.15) is 0 Å². The first-order chi connectivity index (χ1) is 16.3. The van der Waals surface area contributed by atoms with E-state index in [1.807, 2.05) is 42.5 Å². The SMILES string of the molecule is c1coc(-c2ccc3cnc(Nc4ccc(-n5cnc(N6CCOCC6)n5)cc4)nc3c2)n1. The Bertz CT molecular complexity index is 1380. The van der Waals surface area contributed by atoms with E-state index in [1.165, 1.54) is 0 Å². The normalized spacial score (nSPS) is 14.0. The monoisotopic (exact) mass is 440 g/mol. The van der Waals surface area contributed by atoms with Gasteiger partial charge in [-0.25, -0.2) is 19.6 Å². The standard InChI is InChI=1S/C23H20N8O2/c1-2-17-14-25-22(28-20(17)13-16(1)21-24-7-10-33-21)27-18-3-5-19(6-4-18)31-15-26-23(29-31)30-8-11-32-12-9-30/h1-7,10,13-15H,8-9,11-12H2,(H,25,27,28). The number of hydrogen-bond donors (Lipinski definition) is 1. The van der Waals surface area contributed by atoms with Gasteiger partial charge in [0.2, 0.25) is 17.8 Å². The molecule has 4 heterocycles. The molecule has 0 spiro atoms. The largest absolute Gasteiger partial charge is 0.445 e. The number of benzene rings is 2. The zero-order valence-corrected chi connectivity index (χ0v) is 17.6. The van der Waals surface area contributed by atoms with E-state index in [2.05, 4.69) is 35.3 Å². The molecule has 6 rings (SSSR count). The van der Waals surface area contributed by atoms with Gasteiger partial charge in [0, 0.05) is 35.9 Å². The van der Waals surface area contributed by atoms with Crippen LogP contribution in [-0.4, -0.2) is 56.0 Å². The molecular weight excluding hydrogens is 420 g/mol. The second-order valence-corrected chi connectivity index (χ2v) is 7.56. The predicted octanol–water partition coefficient (Wildman–Crippen LogP) is 3.45. The van der Waals surface area contributed by atoms with Crippen LogP contribution in [0.25, 0.3) is 28.0 Å². The molecule has 1 saturated heterocycles. The average molecular weight is 440 g/mol. The molecule has 164 valence electrons. The van der Waals surface area contributed by atoms with E-state index in [1.54, 1.807) is 29.7 Å². The summed E-state index contributed by atoms with van der Waals surface area (Å²) in [6.07, 6.45) is 6.70. The molecule has 0 amide bonds. The van der Waals surface area contributed by atoms with Crippen molar-refractivity contribution >= 4 is 28.5 Å². The van der Waals surface area contributed by atoms with Crippen LogP contribution in [0.4, 0.5) is 17.6 Å². The fourth-order valence-electron chi connectivity index (χ4n) is 3.70. The Labute approximate surface area is 188 Å². The summed E-state index contributed by atoms with van der Waals surface area (Å²) in [5, 5.41) is 8.79. The second kappa shape index (κ2) is 8.32. The fourth-order valence-corrected chi connectivity index (χ4v) is 3.70. The quantitative estimate of drug-likeness (QED) is 0.440. The number of morpholine rings is 1. The van der Waals surface area contributed by atoms with Gasteiger partial charge >= 0.3 is 0 Å². The van der Waals surface area contributed by atoms with E-state index < -0.39 is 0 Å². The van der Waals surface area contributed by atoms with Crippen LogP contribution >= 0.6 is 0 Å². The van der Waals surface area contributed by atoms with Gasteiger partial charge in [0.25, 0.3) is 0 Å². The lowest BCUT2D eigenvalue weighted by atomic mass is 10.1. The summed E-state index contributed by atoms with van der Waals surface area (Å²) in [7, 11) is 0. The van der Waals surface area contributed by atoms with Crippen LogP contribution in [0.5, 0.6) is 0 Å². The van der Waals surface area contributed by atoms with Crippen LogP contribution in [0.15, 0.2) is 71.9 Å². The number of anilines is 3. The summed E-state index contributed by atoms with van der Waals surface area (Å²) < 4.78 is 12.5. The lowest BCUT2D eigenvalue weighted by Crippen LogP contribution is -2.37. The van der Waals surface area contributed by atoms with E-state index >= 15 is 0 Å². The van der Waals surface area contributed by atoms with E-state index in [0.717, 1.165) is 40.9 Å². The molecule has 0 atom stereocenters. The first kappa shape index (κ1) is 19.4. The minimum atomic E-state index is 0.509. The van der Waals surface area contributed by atoms with Crippen molar-refractivity contribution in [2.24, 2.45) is 0 Å². The van der Waals surface area contributed by atoms with Gasteiger partial charge in [-0.2, -0.15) is 4.98 Å². The van der Waals surface area contributed by atoms with Crippen molar-refractivity contribution in [3.05, 3.63) is 67.4 Å². The van der Waals surface area contributed by atoms with Crippen molar-refractivity contribution in [2.75, 3.05) is 36.5 Å². The van der Waals surface area contributed by atoms with Crippen LogP contribution in [0.2, 0.25) is 0 Å². The van der Waals surface area contributed by atoms with Crippen LogP contribution in [-0.2, 0) is 4.74 Å². The smallest absolute Gasteiger partial charge is 0.245 e. The van der Waals surface area contributed by atoms with E-state index in [9.17, 15) is 0 Å². The molecule has 0 saturated carbocycles. The highest BCUT2D eigenvalue weighted by molar-refractivity contribution is 5.83. The molecule has 0 bridgehead atoms. The van der Waals surface area contributed by atoms with Gasteiger partial charge in [-0.05, 0) is 36.4 Å². The highest BCUT2D eigenvalue weighted by atomic mass is 16.5. The molecule has 5 aromatic rings. The molecule has 1 aliphatic rings. The molecule has 1 aliphatic heterocycles. The van der Waals surface area contributed by atoms with Gasteiger partial charge in [-0.1, -0.05) is 6.07 Å². The van der Waals surface area contributed by atoms with Crippen molar-refractivity contribution in [1.29, 1.82) is 0 Å². The second-order valence-electron chi connectivity index (χ2n) is 7.56. The lowest BCUT2D eigenvalue weighted by Gasteiger charge is -2.25. The molecule has 1 fully saturated rings. The van der Waals surface area contributed by atoms with Gasteiger partial charge in [0.15, 0.2) is 0 Å². The number of aromatic nitrogens is 6. The molecule has 1 N–H and O–H groups in total. The van der Waals surface area contributed by atoms with E-state index in [4.69, 9.17) is 9.15 Å². The highest BCUT2D eigenvalue weighted by Gasteiger charge is 2.15. The Morgan fingerprint density at radius 2 is 1.82 bits per heavy atom. The highest BCUT2D eigenvalue weighted by Crippen LogP contribution is 2.23. The average Bonchev–Trinajstić information content (AvgIpc) is 3.58. The van der Waals surface area contributed by atoms with E-state index in [0.29, 0.717) is 31.0 Å². The van der Waals surface area contributed by atoms with Crippen molar-refractivity contribution in [2.45, 2.75) is 0 Å². The lowest BCUT2D eigenvalue weighted by molar-refractivity contribution is 0.122. The van der Waals surface area contributed by atoms with Crippen molar-refractivity contribution in [3.8, 4) is 17.1 Å². The van der Waals surface area contributed by atoms with Gasteiger partial charge in [0.05, 0.1) is 30.6 Å². The number of nitrogens with one attached hydrogen (secondary N) is 1. The predicted molar refractivity (Wildman–Crippen MR) is 123 cm³/mol. The summed E-state index contributed by atoms with van der Waals surface area (Å²) in [5.74, 6) is 1.79. The summed E-state index contributed by atoms with van der Waals surface area (Å²) in [5.41, 5.74) is 3.46. The van der Waals surface area contributed by atoms with E-state index in [-0.39, 0.29) is 0 Å². The zero-order valence-electron chi connectivity index (χ0n) is 17.6. The molecule has 3 aromatic heterocycles. The topological polar surface area (TPSA) is 107 Å². The molecular formula is C23H20N8O2. The fraction of sp³-hybridized carbons (Fsp3) is 0.174. The summed E-state index contributed by atoms with van der Waals surface area (Å²) in [6, 6.07) is 13.7. The third-order valence-corrected chi connectivity index (χ3v) is 5.42. The molecule has 10 heteroatoms. The maximum Gasteiger partial charge on any atom is 0.245 e. The summed E-state index contributed by atoms with van der Waals surface area (Å²) in [4.78, 5) is 19.8. The number of rotatable bonds is 5. The van der Waals surface area contributed by atoms with Gasteiger partial charge in [-0.3, -0.25) is 0 Å².